The molecule has 0 bridgehead atoms. The summed E-state index contributed by atoms with van der Waals surface area (Å²) in [6.07, 6.45) is 4.10. The summed E-state index contributed by atoms with van der Waals surface area (Å²) >= 11 is 0. The van der Waals surface area contributed by atoms with Crippen molar-refractivity contribution in [1.82, 2.24) is 0 Å². The van der Waals surface area contributed by atoms with Gasteiger partial charge in [-0.2, -0.15) is 0 Å². The van der Waals surface area contributed by atoms with Gasteiger partial charge in [-0.1, -0.05) is 49.4 Å². The summed E-state index contributed by atoms with van der Waals surface area (Å²) in [5.74, 6) is -0.162. The van der Waals surface area contributed by atoms with Gasteiger partial charge < -0.3 is 10.1 Å². The Morgan fingerprint density at radius 3 is 2.50 bits per heavy atom. The topological polar surface area (TPSA) is 25.8 Å². The minimum atomic E-state index is -0.162. The molecule has 3 heteroatoms. The van der Waals surface area contributed by atoms with E-state index in [-0.39, 0.29) is 16.8 Å². The van der Waals surface area contributed by atoms with Gasteiger partial charge in [0, 0.05) is 24.0 Å². The van der Waals surface area contributed by atoms with Gasteiger partial charge in [-0.15, -0.1) is 0 Å². The predicted octanol–water partition coefficient (Wildman–Crippen LogP) is 4.20. The van der Waals surface area contributed by atoms with Crippen LogP contribution in [0.1, 0.15) is 50.7 Å². The van der Waals surface area contributed by atoms with E-state index in [2.05, 4.69) is 49.5 Å². The van der Waals surface area contributed by atoms with Crippen molar-refractivity contribution in [3.8, 4) is 0 Å². The molecule has 0 spiro atoms. The van der Waals surface area contributed by atoms with E-state index in [0.717, 1.165) is 45.4 Å². The molecule has 0 saturated carbocycles. The van der Waals surface area contributed by atoms with Crippen LogP contribution in [0.15, 0.2) is 54.6 Å². The smallest absolute Gasteiger partial charge is 0.123 e. The minimum absolute atomic E-state index is 0.0733. The van der Waals surface area contributed by atoms with Gasteiger partial charge >= 0.3 is 0 Å². The molecule has 3 rings (SSSR count). The van der Waals surface area contributed by atoms with Crippen LogP contribution in [0.4, 0.5) is 4.39 Å². The molecule has 0 unspecified atom stereocenters. The van der Waals surface area contributed by atoms with E-state index in [4.69, 9.17) is 4.74 Å². The maximum Gasteiger partial charge on any atom is 0.123 e. The van der Waals surface area contributed by atoms with E-state index in [1.165, 1.54) is 11.1 Å². The Balaban J connectivity index is 1.72. The summed E-state index contributed by atoms with van der Waals surface area (Å²) < 4.78 is 19.6. The largest absolute Gasteiger partial charge is 0.375 e. The number of rotatable bonds is 7. The summed E-state index contributed by atoms with van der Waals surface area (Å²) in [6, 6.07) is 17.8. The number of hydrogen-bond acceptors (Lipinski definition) is 1. The normalized spacial score (nSPS) is 26.0. The van der Waals surface area contributed by atoms with Crippen LogP contribution >= 0.6 is 0 Å². The Morgan fingerprint density at radius 1 is 1.08 bits per heavy atom. The van der Waals surface area contributed by atoms with E-state index in [0.29, 0.717) is 0 Å². The van der Waals surface area contributed by atoms with Gasteiger partial charge in [-0.25, -0.2) is 4.39 Å². The highest BCUT2D eigenvalue weighted by Gasteiger charge is 2.43. The molecule has 2 N–H and O–H groups in total. The molecular weight excluding hydrogens is 325 g/mol. The summed E-state index contributed by atoms with van der Waals surface area (Å²) in [5.41, 5.74) is 2.60. The first-order valence-electron chi connectivity index (χ1n) is 9.81. The van der Waals surface area contributed by atoms with Crippen molar-refractivity contribution in [3.63, 3.8) is 0 Å². The van der Waals surface area contributed by atoms with Crippen molar-refractivity contribution in [1.29, 1.82) is 0 Å². The Labute approximate surface area is 156 Å². The van der Waals surface area contributed by atoms with Crippen molar-refractivity contribution in [2.75, 3.05) is 13.2 Å². The van der Waals surface area contributed by atoms with Crippen LogP contribution in [0.3, 0.4) is 0 Å². The lowest BCUT2D eigenvalue weighted by atomic mass is 9.66. The zero-order valence-electron chi connectivity index (χ0n) is 16.0. The quantitative estimate of drug-likeness (QED) is 0.740. The number of ether oxygens (including phenoxy) is 1. The second kappa shape index (κ2) is 8.32. The van der Waals surface area contributed by atoms with Crippen LogP contribution in [-0.2, 0) is 16.7 Å². The molecule has 26 heavy (non-hydrogen) atoms. The lowest BCUT2D eigenvalue weighted by molar-refractivity contribution is -0.672. The Bertz CT molecular complexity index is 687. The number of halogens is 1. The molecule has 2 atom stereocenters. The fourth-order valence-electron chi connectivity index (χ4n) is 4.24. The molecule has 1 fully saturated rings. The average molecular weight is 357 g/mol. The van der Waals surface area contributed by atoms with Gasteiger partial charge in [0.15, 0.2) is 0 Å². The van der Waals surface area contributed by atoms with E-state index >= 15 is 0 Å². The highest BCUT2D eigenvalue weighted by molar-refractivity contribution is 5.27. The highest BCUT2D eigenvalue weighted by atomic mass is 19.1. The number of benzene rings is 2. The zero-order chi connectivity index (χ0) is 18.5. The molecule has 2 aromatic rings. The minimum Gasteiger partial charge on any atom is -0.375 e. The zero-order valence-corrected chi connectivity index (χ0v) is 16.0. The maximum absolute atomic E-state index is 13.5. The van der Waals surface area contributed by atoms with Gasteiger partial charge in [0.1, 0.15) is 12.4 Å². The van der Waals surface area contributed by atoms with Gasteiger partial charge in [0.2, 0.25) is 0 Å². The predicted molar refractivity (Wildman–Crippen MR) is 104 cm³/mol. The third kappa shape index (κ3) is 4.52. The van der Waals surface area contributed by atoms with Crippen LogP contribution in [0.25, 0.3) is 0 Å². The van der Waals surface area contributed by atoms with E-state index in [1.54, 1.807) is 12.1 Å². The summed E-state index contributed by atoms with van der Waals surface area (Å²) in [6.45, 7) is 7.26. The molecule has 140 valence electrons. The van der Waals surface area contributed by atoms with Crippen LogP contribution in [0.2, 0.25) is 0 Å². The third-order valence-electron chi connectivity index (χ3n) is 6.00. The lowest BCUT2D eigenvalue weighted by Gasteiger charge is -2.46. The first-order chi connectivity index (χ1) is 12.6. The highest BCUT2D eigenvalue weighted by Crippen LogP contribution is 2.44. The molecule has 2 nitrogen and oxygen atoms in total. The Hall–Kier alpha value is -1.71. The van der Waals surface area contributed by atoms with Gasteiger partial charge in [0.25, 0.3) is 0 Å². The monoisotopic (exact) mass is 356 g/mol. The molecule has 2 aromatic carbocycles. The van der Waals surface area contributed by atoms with E-state index in [9.17, 15) is 4.39 Å². The van der Waals surface area contributed by atoms with Crippen LogP contribution in [0, 0.1) is 5.82 Å². The number of quaternary nitrogens is 1. The lowest BCUT2D eigenvalue weighted by Crippen LogP contribution is -2.83. The van der Waals surface area contributed by atoms with E-state index < -0.39 is 0 Å². The summed E-state index contributed by atoms with van der Waals surface area (Å²) in [4.78, 5) is 0. The molecule has 1 saturated heterocycles. The number of hydrogen-bond donors (Lipinski definition) is 1. The van der Waals surface area contributed by atoms with Crippen LogP contribution in [-0.4, -0.2) is 18.8 Å². The number of nitrogens with two attached hydrogens (primary N) is 1. The fourth-order valence-corrected chi connectivity index (χ4v) is 4.24. The van der Waals surface area contributed by atoms with Crippen molar-refractivity contribution in [2.45, 2.75) is 57.1 Å². The SMILES string of the molecule is CC[C@@]1(C)C[C@](CC[NH2+]Cc2ccccc2)(c2ccc(F)cc2)CCO1. The third-order valence-corrected chi connectivity index (χ3v) is 6.00. The molecular formula is C23H31FNO+. The van der Waals surface area contributed by atoms with Crippen molar-refractivity contribution < 1.29 is 14.4 Å². The standard InChI is InChI=1S/C23H30FNO/c1-3-22(2)18-23(14-16-26-22,20-9-11-21(24)12-10-20)13-15-25-17-19-7-5-4-6-8-19/h4-12,25H,3,13-18H2,1-2H3/p+1/t22-,23+/m0/s1. The van der Waals surface area contributed by atoms with Crippen LogP contribution in [0.5, 0.6) is 0 Å². The van der Waals surface area contributed by atoms with Crippen molar-refractivity contribution in [2.24, 2.45) is 0 Å². The van der Waals surface area contributed by atoms with Gasteiger partial charge in [-0.3, -0.25) is 0 Å². The summed E-state index contributed by atoms with van der Waals surface area (Å²) in [7, 11) is 0. The maximum atomic E-state index is 13.5. The fraction of sp³-hybridized carbons (Fsp3) is 0.478. The molecule has 1 aliphatic heterocycles. The van der Waals surface area contributed by atoms with Crippen molar-refractivity contribution in [3.05, 3.63) is 71.5 Å². The second-order valence-electron chi connectivity index (χ2n) is 7.88. The van der Waals surface area contributed by atoms with Crippen LogP contribution < -0.4 is 5.32 Å². The first-order valence-corrected chi connectivity index (χ1v) is 9.81. The van der Waals surface area contributed by atoms with Crippen molar-refractivity contribution >= 4 is 0 Å². The van der Waals surface area contributed by atoms with Gasteiger partial charge in [-0.05, 0) is 43.9 Å². The first kappa shape index (κ1) is 19.1. The molecule has 1 heterocycles. The molecule has 0 aliphatic carbocycles. The molecule has 0 amide bonds. The van der Waals surface area contributed by atoms with Gasteiger partial charge in [0.05, 0.1) is 12.1 Å². The summed E-state index contributed by atoms with van der Waals surface area (Å²) in [5, 5.41) is 2.39. The molecule has 0 radical (unpaired) electrons. The molecule has 1 aliphatic rings. The van der Waals surface area contributed by atoms with E-state index in [1.807, 2.05) is 12.1 Å². The Morgan fingerprint density at radius 2 is 1.81 bits per heavy atom. The molecule has 0 aromatic heterocycles. The second-order valence-corrected chi connectivity index (χ2v) is 7.88. The average Bonchev–Trinajstić information content (AvgIpc) is 2.67. The Kier molecular flexibility index (Phi) is 6.10.